The van der Waals surface area contributed by atoms with Gasteiger partial charge >= 0.3 is 6.18 Å². The highest BCUT2D eigenvalue weighted by molar-refractivity contribution is 5.02. The Morgan fingerprint density at radius 3 is 2.33 bits per heavy atom. The van der Waals surface area contributed by atoms with E-state index in [-0.39, 0.29) is 12.7 Å². The first-order valence-corrected chi connectivity index (χ1v) is 6.67. The molecule has 106 valence electrons. The van der Waals surface area contributed by atoms with Gasteiger partial charge in [0.25, 0.3) is 0 Å². The highest BCUT2D eigenvalue weighted by Crippen LogP contribution is 2.56. The van der Waals surface area contributed by atoms with E-state index in [0.29, 0.717) is 18.9 Å². The van der Waals surface area contributed by atoms with Crippen LogP contribution in [0.15, 0.2) is 0 Å². The average Bonchev–Trinajstić information content (AvgIpc) is 2.89. The molecule has 18 heavy (non-hydrogen) atoms. The number of hydrogen-bond acceptors (Lipinski definition) is 2. The molecule has 0 aromatic rings. The van der Waals surface area contributed by atoms with Gasteiger partial charge in [-0.25, -0.2) is 0 Å². The molecular formula is C13H21F3O2. The molecule has 4 unspecified atom stereocenters. The summed E-state index contributed by atoms with van der Waals surface area (Å²) in [7, 11) is 0. The topological polar surface area (TPSA) is 18.5 Å². The normalized spacial score (nSPS) is 34.8. The summed E-state index contributed by atoms with van der Waals surface area (Å²) in [5.74, 6) is 0.234. The fourth-order valence-corrected chi connectivity index (χ4v) is 3.57. The quantitative estimate of drug-likeness (QED) is 0.557. The van der Waals surface area contributed by atoms with Crippen molar-refractivity contribution >= 4 is 0 Å². The van der Waals surface area contributed by atoms with Crippen LogP contribution in [0.1, 0.15) is 39.5 Å². The van der Waals surface area contributed by atoms with Crippen molar-refractivity contribution < 1.29 is 22.6 Å². The van der Waals surface area contributed by atoms with Crippen molar-refractivity contribution in [1.29, 1.82) is 0 Å². The Morgan fingerprint density at radius 2 is 1.89 bits per heavy atom. The van der Waals surface area contributed by atoms with Gasteiger partial charge in [-0.05, 0) is 50.9 Å². The van der Waals surface area contributed by atoms with Gasteiger partial charge in [-0.1, -0.05) is 6.42 Å². The molecule has 2 fully saturated rings. The zero-order valence-corrected chi connectivity index (χ0v) is 10.9. The number of ether oxygens (including phenoxy) is 2. The molecule has 5 heteroatoms. The van der Waals surface area contributed by atoms with Gasteiger partial charge in [0, 0.05) is 6.61 Å². The third-order valence-electron chi connectivity index (χ3n) is 4.65. The second-order valence-electron chi connectivity index (χ2n) is 5.64. The number of alkyl halides is 3. The van der Waals surface area contributed by atoms with Crippen LogP contribution in [0.2, 0.25) is 0 Å². The van der Waals surface area contributed by atoms with E-state index in [9.17, 15) is 13.2 Å². The van der Waals surface area contributed by atoms with Gasteiger partial charge < -0.3 is 9.47 Å². The molecule has 0 aliphatic heterocycles. The summed E-state index contributed by atoms with van der Waals surface area (Å²) in [5.41, 5.74) is -2.05. The number of halogens is 3. The summed E-state index contributed by atoms with van der Waals surface area (Å²) in [6, 6.07) is 0. The van der Waals surface area contributed by atoms with E-state index >= 15 is 0 Å². The first kappa shape index (κ1) is 14.1. The lowest BCUT2D eigenvalue weighted by Crippen LogP contribution is -2.53. The van der Waals surface area contributed by atoms with Crippen LogP contribution in [0, 0.1) is 17.8 Å². The molecule has 2 aliphatic carbocycles. The Hall–Kier alpha value is -0.290. The minimum atomic E-state index is -4.33. The molecule has 0 amide bonds. The fraction of sp³-hybridized carbons (Fsp3) is 1.00. The van der Waals surface area contributed by atoms with Crippen LogP contribution >= 0.6 is 0 Å². The zero-order valence-electron chi connectivity index (χ0n) is 10.9. The van der Waals surface area contributed by atoms with Gasteiger partial charge in [-0.3, -0.25) is 0 Å². The van der Waals surface area contributed by atoms with Crippen molar-refractivity contribution in [2.24, 2.45) is 17.8 Å². The van der Waals surface area contributed by atoms with Crippen molar-refractivity contribution in [2.75, 3.05) is 13.4 Å². The average molecular weight is 266 g/mol. The Labute approximate surface area is 106 Å². The van der Waals surface area contributed by atoms with Gasteiger partial charge in [-0.15, -0.1) is 0 Å². The van der Waals surface area contributed by atoms with Crippen LogP contribution in [0.3, 0.4) is 0 Å². The van der Waals surface area contributed by atoms with Gasteiger partial charge in [-0.2, -0.15) is 13.2 Å². The lowest BCUT2D eigenvalue weighted by Gasteiger charge is -2.41. The molecule has 0 radical (unpaired) electrons. The molecule has 2 nitrogen and oxygen atoms in total. The lowest BCUT2D eigenvalue weighted by atomic mass is 9.76. The molecule has 0 spiro atoms. The molecule has 4 atom stereocenters. The largest absolute Gasteiger partial charge is 0.417 e. The Kier molecular flexibility index (Phi) is 3.93. The van der Waals surface area contributed by atoms with Crippen LogP contribution in [0.25, 0.3) is 0 Å². The van der Waals surface area contributed by atoms with Crippen molar-refractivity contribution in [3.8, 4) is 0 Å². The van der Waals surface area contributed by atoms with Gasteiger partial charge in [0.15, 0.2) is 5.60 Å². The molecule has 2 bridgehead atoms. The SMILES string of the molecule is CCOCOC(C)(C1CC2CCC1C2)C(F)(F)F. The maximum absolute atomic E-state index is 13.3. The highest BCUT2D eigenvalue weighted by atomic mass is 19.4. The molecule has 0 aromatic heterocycles. The van der Waals surface area contributed by atoms with Crippen molar-refractivity contribution in [3.63, 3.8) is 0 Å². The van der Waals surface area contributed by atoms with Crippen LogP contribution in [-0.4, -0.2) is 25.2 Å². The second kappa shape index (κ2) is 5.00. The monoisotopic (exact) mass is 266 g/mol. The first-order valence-electron chi connectivity index (χ1n) is 6.67. The number of rotatable bonds is 5. The smallest absolute Gasteiger partial charge is 0.356 e. The molecule has 0 N–H and O–H groups in total. The van der Waals surface area contributed by atoms with E-state index in [1.165, 1.54) is 6.92 Å². The van der Waals surface area contributed by atoms with E-state index < -0.39 is 17.7 Å². The summed E-state index contributed by atoms with van der Waals surface area (Å²) in [6.07, 6.45) is -0.750. The summed E-state index contributed by atoms with van der Waals surface area (Å²) >= 11 is 0. The predicted octanol–water partition coefficient (Wildman–Crippen LogP) is 3.75. The van der Waals surface area contributed by atoms with Gasteiger partial charge in [0.05, 0.1) is 0 Å². The van der Waals surface area contributed by atoms with E-state index in [1.807, 2.05) is 0 Å². The van der Waals surface area contributed by atoms with E-state index in [4.69, 9.17) is 9.47 Å². The third-order valence-corrected chi connectivity index (χ3v) is 4.65. The summed E-state index contributed by atoms with van der Waals surface area (Å²) in [4.78, 5) is 0. The summed E-state index contributed by atoms with van der Waals surface area (Å²) < 4.78 is 50.0. The first-order chi connectivity index (χ1) is 8.38. The van der Waals surface area contributed by atoms with Crippen LogP contribution < -0.4 is 0 Å². The Balaban J connectivity index is 2.09. The minimum Gasteiger partial charge on any atom is -0.356 e. The standard InChI is InChI=1S/C13H21F3O2/c1-3-17-8-18-12(2,13(14,15)16)11-7-9-4-5-10(11)6-9/h9-11H,3-8H2,1-2H3. The summed E-state index contributed by atoms with van der Waals surface area (Å²) in [5, 5.41) is 0. The minimum absolute atomic E-state index is 0.170. The molecule has 2 saturated carbocycles. The number of fused-ring (bicyclic) bond motifs is 2. The molecule has 2 aliphatic rings. The van der Waals surface area contributed by atoms with Crippen LogP contribution in [0.5, 0.6) is 0 Å². The van der Waals surface area contributed by atoms with Gasteiger partial charge in [0.2, 0.25) is 0 Å². The number of hydrogen-bond donors (Lipinski definition) is 0. The Morgan fingerprint density at radius 1 is 1.17 bits per heavy atom. The molecular weight excluding hydrogens is 245 g/mol. The second-order valence-corrected chi connectivity index (χ2v) is 5.64. The summed E-state index contributed by atoms with van der Waals surface area (Å²) in [6.45, 7) is 3.02. The van der Waals surface area contributed by atoms with Crippen molar-refractivity contribution in [3.05, 3.63) is 0 Å². The maximum Gasteiger partial charge on any atom is 0.417 e. The van der Waals surface area contributed by atoms with E-state index in [0.717, 1.165) is 19.3 Å². The maximum atomic E-state index is 13.3. The molecule has 0 heterocycles. The van der Waals surface area contributed by atoms with E-state index in [2.05, 4.69) is 0 Å². The van der Waals surface area contributed by atoms with Crippen LogP contribution in [-0.2, 0) is 9.47 Å². The highest BCUT2D eigenvalue weighted by Gasteiger charge is 2.62. The molecule has 0 saturated heterocycles. The third kappa shape index (κ3) is 2.39. The molecule has 0 aromatic carbocycles. The van der Waals surface area contributed by atoms with E-state index in [1.54, 1.807) is 6.92 Å². The Bertz CT molecular complexity index is 292. The van der Waals surface area contributed by atoms with Gasteiger partial charge in [0.1, 0.15) is 6.79 Å². The lowest BCUT2D eigenvalue weighted by molar-refractivity contribution is -0.313. The van der Waals surface area contributed by atoms with Crippen molar-refractivity contribution in [2.45, 2.75) is 51.3 Å². The zero-order chi connectivity index (χ0) is 13.4. The van der Waals surface area contributed by atoms with Crippen LogP contribution in [0.4, 0.5) is 13.2 Å². The molecule has 2 rings (SSSR count). The fourth-order valence-electron chi connectivity index (χ4n) is 3.57. The van der Waals surface area contributed by atoms with Crippen molar-refractivity contribution in [1.82, 2.24) is 0 Å². The predicted molar refractivity (Wildman–Crippen MR) is 61.0 cm³/mol.